The maximum atomic E-state index is 5.66. The van der Waals surface area contributed by atoms with Gasteiger partial charge < -0.3 is 19.5 Å². The summed E-state index contributed by atoms with van der Waals surface area (Å²) < 4.78 is 7.74. The van der Waals surface area contributed by atoms with Gasteiger partial charge in [-0.15, -0.1) is 0 Å². The van der Waals surface area contributed by atoms with Crippen LogP contribution in [0, 0.1) is 0 Å². The SMILES string of the molecule is COCCN1C(=S)N[C@H](c2ccccn2)[C@@H]1c1ccn(C2CCCCC2)c1. The molecule has 6 heteroatoms. The van der Waals surface area contributed by atoms with Crippen molar-refractivity contribution in [2.75, 3.05) is 20.3 Å². The Hall–Kier alpha value is -1.92. The van der Waals surface area contributed by atoms with Crippen LogP contribution in [0.2, 0.25) is 0 Å². The first-order chi connectivity index (χ1) is 13.3. The zero-order chi connectivity index (χ0) is 18.6. The molecular formula is C21H28N4OS. The summed E-state index contributed by atoms with van der Waals surface area (Å²) in [5, 5.41) is 4.27. The van der Waals surface area contributed by atoms with Crippen LogP contribution in [-0.2, 0) is 4.74 Å². The van der Waals surface area contributed by atoms with Gasteiger partial charge >= 0.3 is 0 Å². The van der Waals surface area contributed by atoms with Crippen molar-refractivity contribution in [2.45, 2.75) is 50.2 Å². The monoisotopic (exact) mass is 384 g/mol. The second kappa shape index (κ2) is 8.40. The van der Waals surface area contributed by atoms with E-state index in [0.29, 0.717) is 12.6 Å². The number of ether oxygens (including phenoxy) is 1. The number of nitrogens with zero attached hydrogens (tertiary/aromatic N) is 3. The molecular weight excluding hydrogens is 356 g/mol. The van der Waals surface area contributed by atoms with Gasteiger partial charge in [0.05, 0.1) is 24.4 Å². The molecule has 1 N–H and O–H groups in total. The smallest absolute Gasteiger partial charge is 0.170 e. The minimum absolute atomic E-state index is 0.0535. The summed E-state index contributed by atoms with van der Waals surface area (Å²) >= 11 is 5.66. The summed E-state index contributed by atoms with van der Waals surface area (Å²) in [6, 6.07) is 9.14. The number of hydrogen-bond acceptors (Lipinski definition) is 3. The second-order valence-corrected chi connectivity index (χ2v) is 7.88. The third kappa shape index (κ3) is 3.87. The van der Waals surface area contributed by atoms with E-state index in [4.69, 9.17) is 17.0 Å². The van der Waals surface area contributed by atoms with Gasteiger partial charge in [-0.25, -0.2) is 0 Å². The number of pyridine rings is 1. The third-order valence-corrected chi connectivity index (χ3v) is 6.16. The highest BCUT2D eigenvalue weighted by Gasteiger charge is 2.40. The molecule has 27 heavy (non-hydrogen) atoms. The molecule has 2 aromatic rings. The fourth-order valence-electron chi connectivity index (χ4n) is 4.41. The Labute approximate surface area is 166 Å². The Morgan fingerprint density at radius 3 is 2.81 bits per heavy atom. The van der Waals surface area contributed by atoms with E-state index >= 15 is 0 Å². The number of thiocarbonyl (C=S) groups is 1. The molecule has 1 saturated carbocycles. The van der Waals surface area contributed by atoms with E-state index in [9.17, 15) is 0 Å². The lowest BCUT2D eigenvalue weighted by molar-refractivity contribution is 0.164. The topological polar surface area (TPSA) is 42.3 Å². The van der Waals surface area contributed by atoms with Crippen molar-refractivity contribution < 1.29 is 4.74 Å². The normalized spacial score (nSPS) is 23.6. The van der Waals surface area contributed by atoms with E-state index in [2.05, 4.69) is 44.3 Å². The number of methoxy groups -OCH3 is 1. The lowest BCUT2D eigenvalue weighted by atomic mass is 9.95. The van der Waals surface area contributed by atoms with Gasteiger partial charge in [0.1, 0.15) is 0 Å². The molecule has 0 unspecified atom stereocenters. The van der Waals surface area contributed by atoms with Crippen LogP contribution in [0.1, 0.15) is 61.5 Å². The number of rotatable bonds is 6. The van der Waals surface area contributed by atoms with Crippen LogP contribution in [-0.4, -0.2) is 39.8 Å². The molecule has 2 fully saturated rings. The number of hydrogen-bond donors (Lipinski definition) is 1. The van der Waals surface area contributed by atoms with Gasteiger partial charge in [0.15, 0.2) is 5.11 Å². The van der Waals surface area contributed by atoms with E-state index in [1.165, 1.54) is 37.7 Å². The predicted molar refractivity (Wildman–Crippen MR) is 111 cm³/mol. The Bertz CT molecular complexity index is 757. The van der Waals surface area contributed by atoms with Gasteiger partial charge in [0.25, 0.3) is 0 Å². The van der Waals surface area contributed by atoms with E-state index in [1.54, 1.807) is 7.11 Å². The van der Waals surface area contributed by atoms with Crippen molar-refractivity contribution in [1.29, 1.82) is 0 Å². The molecule has 1 aliphatic heterocycles. The largest absolute Gasteiger partial charge is 0.383 e. The number of nitrogens with one attached hydrogen (secondary N) is 1. The van der Waals surface area contributed by atoms with Crippen LogP contribution >= 0.6 is 12.2 Å². The van der Waals surface area contributed by atoms with Gasteiger partial charge in [0, 0.05) is 38.3 Å². The molecule has 0 amide bonds. The minimum atomic E-state index is 0.0535. The fraction of sp³-hybridized carbons (Fsp3) is 0.524. The van der Waals surface area contributed by atoms with Crippen LogP contribution < -0.4 is 5.32 Å². The van der Waals surface area contributed by atoms with Crippen LogP contribution in [0.4, 0.5) is 0 Å². The Balaban J connectivity index is 1.64. The highest BCUT2D eigenvalue weighted by molar-refractivity contribution is 7.80. The standard InChI is InChI=1S/C21H28N4OS/c1-26-14-13-25-20(19(23-21(25)27)18-9-5-6-11-22-18)16-10-12-24(15-16)17-7-3-2-4-8-17/h5-6,9-12,15,17,19-20H,2-4,7-8,13-14H2,1H3,(H,23,27)/t19-,20+/m1/s1. The molecule has 2 atom stereocenters. The summed E-state index contributed by atoms with van der Waals surface area (Å²) in [7, 11) is 1.73. The van der Waals surface area contributed by atoms with Gasteiger partial charge in [0.2, 0.25) is 0 Å². The Morgan fingerprint density at radius 1 is 1.22 bits per heavy atom. The lowest BCUT2D eigenvalue weighted by Crippen LogP contribution is -2.32. The first kappa shape index (κ1) is 18.4. The average molecular weight is 385 g/mol. The lowest BCUT2D eigenvalue weighted by Gasteiger charge is -2.27. The van der Waals surface area contributed by atoms with E-state index in [1.807, 2.05) is 18.3 Å². The van der Waals surface area contributed by atoms with Crippen molar-refractivity contribution in [2.24, 2.45) is 0 Å². The molecule has 144 valence electrons. The van der Waals surface area contributed by atoms with E-state index < -0.39 is 0 Å². The predicted octanol–water partition coefficient (Wildman–Crippen LogP) is 4.01. The maximum absolute atomic E-state index is 5.66. The Morgan fingerprint density at radius 2 is 2.07 bits per heavy atom. The second-order valence-electron chi connectivity index (χ2n) is 7.50. The van der Waals surface area contributed by atoms with Crippen LogP contribution in [0.15, 0.2) is 42.9 Å². The Kier molecular flexibility index (Phi) is 5.74. The summed E-state index contributed by atoms with van der Waals surface area (Å²) in [5.41, 5.74) is 2.31. The van der Waals surface area contributed by atoms with Crippen molar-refractivity contribution in [3.63, 3.8) is 0 Å². The van der Waals surface area contributed by atoms with Crippen molar-refractivity contribution in [1.82, 2.24) is 19.8 Å². The minimum Gasteiger partial charge on any atom is -0.383 e. The highest BCUT2D eigenvalue weighted by atomic mass is 32.1. The molecule has 4 rings (SSSR count). The summed E-state index contributed by atoms with van der Waals surface area (Å²) in [6.45, 7) is 1.42. The van der Waals surface area contributed by atoms with Crippen molar-refractivity contribution in [3.8, 4) is 0 Å². The molecule has 2 aromatic heterocycles. The van der Waals surface area contributed by atoms with Crippen LogP contribution in [0.3, 0.4) is 0 Å². The van der Waals surface area contributed by atoms with Crippen molar-refractivity contribution >= 4 is 17.3 Å². The van der Waals surface area contributed by atoms with Gasteiger partial charge in [-0.05, 0) is 48.8 Å². The van der Waals surface area contributed by atoms with Gasteiger partial charge in [-0.3, -0.25) is 4.98 Å². The number of aromatic nitrogens is 2. The summed E-state index contributed by atoms with van der Waals surface area (Å²) in [5.74, 6) is 0. The van der Waals surface area contributed by atoms with Gasteiger partial charge in [-0.2, -0.15) is 0 Å². The summed E-state index contributed by atoms with van der Waals surface area (Å²) in [4.78, 5) is 6.84. The quantitative estimate of drug-likeness (QED) is 0.763. The molecule has 2 aliphatic rings. The van der Waals surface area contributed by atoms with Crippen LogP contribution in [0.5, 0.6) is 0 Å². The maximum Gasteiger partial charge on any atom is 0.170 e. The third-order valence-electron chi connectivity index (χ3n) is 5.81. The fourth-order valence-corrected chi connectivity index (χ4v) is 4.74. The molecule has 0 bridgehead atoms. The molecule has 0 aromatic carbocycles. The van der Waals surface area contributed by atoms with Crippen LogP contribution in [0.25, 0.3) is 0 Å². The average Bonchev–Trinajstić information content (AvgIpc) is 3.32. The molecule has 3 heterocycles. The first-order valence-corrected chi connectivity index (χ1v) is 10.3. The van der Waals surface area contributed by atoms with E-state index in [0.717, 1.165) is 17.4 Å². The molecule has 0 radical (unpaired) electrons. The first-order valence-electron chi connectivity index (χ1n) is 9.92. The van der Waals surface area contributed by atoms with Gasteiger partial charge in [-0.1, -0.05) is 25.3 Å². The highest BCUT2D eigenvalue weighted by Crippen LogP contribution is 2.39. The molecule has 5 nitrogen and oxygen atoms in total. The van der Waals surface area contributed by atoms with Crippen molar-refractivity contribution in [3.05, 3.63) is 54.1 Å². The zero-order valence-corrected chi connectivity index (χ0v) is 16.7. The summed E-state index contributed by atoms with van der Waals surface area (Å²) in [6.07, 6.45) is 13.0. The molecule has 1 saturated heterocycles. The zero-order valence-electron chi connectivity index (χ0n) is 15.9. The van der Waals surface area contributed by atoms with E-state index in [-0.39, 0.29) is 12.1 Å². The molecule has 1 aliphatic carbocycles. The molecule has 0 spiro atoms.